The van der Waals surface area contributed by atoms with E-state index in [-0.39, 0.29) is 5.79 Å². The fraction of sp³-hybridized carbons (Fsp3) is 0.643. The molecule has 1 unspecified atom stereocenters. The molecule has 24 heavy (non-hydrogen) atoms. The molecule has 0 saturated carbocycles. The first-order chi connectivity index (χ1) is 11.0. The molecular formula is C14H20F3N3O4. The van der Waals surface area contributed by atoms with Gasteiger partial charge in [0.05, 0.1) is 0 Å². The van der Waals surface area contributed by atoms with Crippen LogP contribution < -0.4 is 5.32 Å². The van der Waals surface area contributed by atoms with Crippen LogP contribution in [-0.4, -0.2) is 58.3 Å². The van der Waals surface area contributed by atoms with E-state index in [1.54, 1.807) is 6.21 Å². The Labute approximate surface area is 136 Å². The van der Waals surface area contributed by atoms with E-state index in [2.05, 4.69) is 15.2 Å². The van der Waals surface area contributed by atoms with E-state index in [4.69, 9.17) is 15.0 Å². The van der Waals surface area contributed by atoms with Crippen molar-refractivity contribution in [1.29, 1.82) is 0 Å². The zero-order valence-electron chi connectivity index (χ0n) is 13.1. The minimum absolute atomic E-state index is 0.293. The van der Waals surface area contributed by atoms with E-state index >= 15 is 0 Å². The Balaban J connectivity index is 0.000000351. The summed E-state index contributed by atoms with van der Waals surface area (Å²) in [5.74, 6) is -3.49. The number of nitrogens with one attached hydrogen (secondary N) is 1. The van der Waals surface area contributed by atoms with Crippen molar-refractivity contribution in [2.45, 2.75) is 38.1 Å². The molecule has 10 heteroatoms. The van der Waals surface area contributed by atoms with Crippen LogP contribution in [0.15, 0.2) is 17.3 Å². The number of hydrogen-bond acceptors (Lipinski definition) is 5. The SMILES string of the molecule is CC1(N2CCC(CC(=O)O)CC2)N=CC=CN1.O=C(O)C(F)(F)F. The highest BCUT2D eigenvalue weighted by atomic mass is 19.4. The minimum atomic E-state index is -5.08. The van der Waals surface area contributed by atoms with Gasteiger partial charge in [-0.05, 0) is 31.8 Å². The lowest BCUT2D eigenvalue weighted by molar-refractivity contribution is -0.192. The highest BCUT2D eigenvalue weighted by molar-refractivity contribution is 5.73. The fourth-order valence-electron chi connectivity index (χ4n) is 2.47. The molecule has 2 aliphatic rings. The Kier molecular flexibility index (Phi) is 6.76. The second kappa shape index (κ2) is 8.13. The molecule has 1 saturated heterocycles. The number of aliphatic imine (C=N–C) groups is 1. The number of alkyl halides is 3. The van der Waals surface area contributed by atoms with Crippen LogP contribution in [-0.2, 0) is 9.59 Å². The number of hydrogen-bond donors (Lipinski definition) is 3. The van der Waals surface area contributed by atoms with E-state index in [1.165, 1.54) is 0 Å². The van der Waals surface area contributed by atoms with Gasteiger partial charge in [0.2, 0.25) is 0 Å². The van der Waals surface area contributed by atoms with E-state index < -0.39 is 18.1 Å². The van der Waals surface area contributed by atoms with Crippen molar-refractivity contribution in [2.75, 3.05) is 13.1 Å². The fourth-order valence-corrected chi connectivity index (χ4v) is 2.47. The molecular weight excluding hydrogens is 331 g/mol. The monoisotopic (exact) mass is 351 g/mol. The van der Waals surface area contributed by atoms with Crippen molar-refractivity contribution in [1.82, 2.24) is 10.2 Å². The zero-order valence-corrected chi connectivity index (χ0v) is 13.1. The van der Waals surface area contributed by atoms with Gasteiger partial charge in [-0.2, -0.15) is 13.2 Å². The first kappa shape index (κ1) is 19.9. The number of allylic oxidation sites excluding steroid dienone is 1. The van der Waals surface area contributed by atoms with E-state index in [0.717, 1.165) is 25.9 Å². The van der Waals surface area contributed by atoms with Gasteiger partial charge in [0.15, 0.2) is 5.79 Å². The summed E-state index contributed by atoms with van der Waals surface area (Å²) in [5, 5.41) is 19.1. The predicted molar refractivity (Wildman–Crippen MR) is 79.4 cm³/mol. The van der Waals surface area contributed by atoms with E-state index in [1.807, 2.05) is 19.2 Å². The summed E-state index contributed by atoms with van der Waals surface area (Å²) in [6.07, 6.45) is 2.65. The number of likely N-dealkylation sites (tertiary alicyclic amines) is 1. The molecule has 3 N–H and O–H groups in total. The van der Waals surface area contributed by atoms with Crippen molar-refractivity contribution in [2.24, 2.45) is 10.9 Å². The molecule has 2 aliphatic heterocycles. The maximum atomic E-state index is 10.7. The average Bonchev–Trinajstić information content (AvgIpc) is 2.47. The number of halogens is 3. The second-order valence-electron chi connectivity index (χ2n) is 5.63. The molecule has 0 bridgehead atoms. The summed E-state index contributed by atoms with van der Waals surface area (Å²) in [6, 6.07) is 0. The number of rotatable bonds is 3. The Morgan fingerprint density at radius 3 is 2.25 bits per heavy atom. The normalized spacial score (nSPS) is 24.7. The Morgan fingerprint density at radius 2 is 1.88 bits per heavy atom. The van der Waals surface area contributed by atoms with Crippen LogP contribution in [0.3, 0.4) is 0 Å². The molecule has 1 fully saturated rings. The predicted octanol–water partition coefficient (Wildman–Crippen LogP) is 1.67. The van der Waals surface area contributed by atoms with Gasteiger partial charge in [0.25, 0.3) is 0 Å². The molecule has 7 nitrogen and oxygen atoms in total. The van der Waals surface area contributed by atoms with Gasteiger partial charge in [-0.15, -0.1) is 0 Å². The Hall–Kier alpha value is -2.10. The summed E-state index contributed by atoms with van der Waals surface area (Å²) < 4.78 is 31.7. The number of nitrogens with zero attached hydrogens (tertiary/aromatic N) is 2. The third-order valence-electron chi connectivity index (χ3n) is 3.80. The maximum absolute atomic E-state index is 10.7. The summed E-state index contributed by atoms with van der Waals surface area (Å²) in [5.41, 5.74) is 0. The molecule has 0 aliphatic carbocycles. The number of aliphatic carboxylic acids is 2. The molecule has 0 spiro atoms. The first-order valence-corrected chi connectivity index (χ1v) is 7.29. The van der Waals surface area contributed by atoms with Crippen LogP contribution in [0.4, 0.5) is 13.2 Å². The third kappa shape index (κ3) is 6.19. The lowest BCUT2D eigenvalue weighted by Gasteiger charge is -2.43. The van der Waals surface area contributed by atoms with Gasteiger partial charge in [-0.1, -0.05) is 0 Å². The van der Waals surface area contributed by atoms with Crippen LogP contribution in [0.5, 0.6) is 0 Å². The summed E-state index contributed by atoms with van der Waals surface area (Å²) in [4.78, 5) is 26.3. The van der Waals surface area contributed by atoms with Crippen molar-refractivity contribution in [3.63, 3.8) is 0 Å². The standard InChI is InChI=1S/C12H19N3O2.C2HF3O2/c1-12(13-5-2-6-14-12)15-7-3-10(4-8-15)9-11(16)17;3-2(4,5)1(6)7/h2,5-6,10,13H,3-4,7-9H2,1H3,(H,16,17);(H,6,7). The highest BCUT2D eigenvalue weighted by Crippen LogP contribution is 2.26. The third-order valence-corrected chi connectivity index (χ3v) is 3.80. The van der Waals surface area contributed by atoms with Gasteiger partial charge in [-0.25, -0.2) is 4.79 Å². The van der Waals surface area contributed by atoms with E-state index in [0.29, 0.717) is 12.3 Å². The number of carbonyl (C=O) groups is 2. The van der Waals surface area contributed by atoms with Gasteiger partial charge >= 0.3 is 18.1 Å². The number of carboxylic acid groups (broad SMARTS) is 2. The molecule has 0 aromatic heterocycles. The zero-order chi connectivity index (χ0) is 18.4. The van der Waals surface area contributed by atoms with Crippen LogP contribution in [0, 0.1) is 5.92 Å². The average molecular weight is 351 g/mol. The van der Waals surface area contributed by atoms with Gasteiger partial charge < -0.3 is 15.5 Å². The quantitative estimate of drug-likeness (QED) is 0.715. The van der Waals surface area contributed by atoms with Gasteiger partial charge in [-0.3, -0.25) is 14.7 Å². The first-order valence-electron chi connectivity index (χ1n) is 7.29. The van der Waals surface area contributed by atoms with Gasteiger partial charge in [0.1, 0.15) is 0 Å². The lowest BCUT2D eigenvalue weighted by atomic mass is 9.93. The van der Waals surface area contributed by atoms with Crippen LogP contribution in [0.1, 0.15) is 26.2 Å². The second-order valence-corrected chi connectivity index (χ2v) is 5.63. The molecule has 2 rings (SSSR count). The topological polar surface area (TPSA) is 102 Å². The van der Waals surface area contributed by atoms with Crippen LogP contribution >= 0.6 is 0 Å². The van der Waals surface area contributed by atoms with Crippen molar-refractivity contribution < 1.29 is 33.0 Å². The summed E-state index contributed by atoms with van der Waals surface area (Å²) in [6.45, 7) is 3.84. The number of carboxylic acids is 2. The summed E-state index contributed by atoms with van der Waals surface area (Å²) >= 11 is 0. The van der Waals surface area contributed by atoms with Gasteiger partial charge in [0, 0.05) is 31.9 Å². The molecule has 2 heterocycles. The number of piperidine rings is 1. The van der Waals surface area contributed by atoms with Crippen LogP contribution in [0.2, 0.25) is 0 Å². The van der Waals surface area contributed by atoms with Crippen molar-refractivity contribution in [3.8, 4) is 0 Å². The highest BCUT2D eigenvalue weighted by Gasteiger charge is 2.38. The smallest absolute Gasteiger partial charge is 0.481 e. The minimum Gasteiger partial charge on any atom is -0.481 e. The molecule has 0 aromatic rings. The summed E-state index contributed by atoms with van der Waals surface area (Å²) in [7, 11) is 0. The lowest BCUT2D eigenvalue weighted by Crippen LogP contribution is -2.57. The molecule has 0 amide bonds. The van der Waals surface area contributed by atoms with E-state index in [9.17, 15) is 18.0 Å². The molecule has 136 valence electrons. The maximum Gasteiger partial charge on any atom is 0.490 e. The van der Waals surface area contributed by atoms with Crippen molar-refractivity contribution in [3.05, 3.63) is 12.3 Å². The van der Waals surface area contributed by atoms with Crippen molar-refractivity contribution >= 4 is 18.2 Å². The molecule has 0 aromatic carbocycles. The Morgan fingerprint density at radius 1 is 1.33 bits per heavy atom. The van der Waals surface area contributed by atoms with Crippen LogP contribution in [0.25, 0.3) is 0 Å². The molecule has 1 atom stereocenters. The molecule has 0 radical (unpaired) electrons. The largest absolute Gasteiger partial charge is 0.490 e. The Bertz CT molecular complexity index is 514.